The summed E-state index contributed by atoms with van der Waals surface area (Å²) in [6.45, 7) is 1.99. The molecule has 6 nitrogen and oxygen atoms in total. The van der Waals surface area contributed by atoms with Crippen molar-refractivity contribution in [1.82, 2.24) is 0 Å². The van der Waals surface area contributed by atoms with Gasteiger partial charge in [-0.3, -0.25) is 14.9 Å². The third-order valence-electron chi connectivity index (χ3n) is 3.83. The van der Waals surface area contributed by atoms with E-state index in [-0.39, 0.29) is 26.6 Å². The summed E-state index contributed by atoms with van der Waals surface area (Å²) in [5.41, 5.74) is 0.653. The zero-order valence-corrected chi connectivity index (χ0v) is 13.1. The second kappa shape index (κ2) is 5.27. The summed E-state index contributed by atoms with van der Waals surface area (Å²) in [6, 6.07) is 8.00. The van der Waals surface area contributed by atoms with Crippen LogP contribution in [0.2, 0.25) is 0 Å². The van der Waals surface area contributed by atoms with Gasteiger partial charge in [0.15, 0.2) is 5.78 Å². The largest absolute Gasteiger partial charge is 0.289 e. The SMILES string of the molecule is CCCc1ccc2c(c1)C(=O)c1ccc([N+](=O)[O-])cc1S2(=O)=O. The lowest BCUT2D eigenvalue weighted by atomic mass is 9.99. The number of rotatable bonds is 3. The molecule has 0 fully saturated rings. The predicted molar refractivity (Wildman–Crippen MR) is 82.4 cm³/mol. The van der Waals surface area contributed by atoms with Gasteiger partial charge in [-0.15, -0.1) is 0 Å². The zero-order valence-electron chi connectivity index (χ0n) is 12.3. The number of hydrogen-bond donors (Lipinski definition) is 0. The molecule has 0 N–H and O–H groups in total. The van der Waals surface area contributed by atoms with Crippen molar-refractivity contribution in [2.24, 2.45) is 0 Å². The van der Waals surface area contributed by atoms with Crippen LogP contribution in [0.3, 0.4) is 0 Å². The fourth-order valence-corrected chi connectivity index (χ4v) is 4.38. The Bertz CT molecular complexity index is 947. The Hall–Kier alpha value is -2.54. The number of nitrogens with zero attached hydrogens (tertiary/aromatic N) is 1. The van der Waals surface area contributed by atoms with Crippen LogP contribution in [0.4, 0.5) is 5.69 Å². The topological polar surface area (TPSA) is 94.3 Å². The first-order chi connectivity index (χ1) is 10.9. The molecule has 2 aromatic carbocycles. The number of aryl methyl sites for hydroxylation is 1. The van der Waals surface area contributed by atoms with Crippen molar-refractivity contribution in [3.05, 3.63) is 63.2 Å². The fraction of sp³-hybridized carbons (Fsp3) is 0.188. The van der Waals surface area contributed by atoms with E-state index in [0.717, 1.165) is 30.5 Å². The second-order valence-electron chi connectivity index (χ2n) is 5.35. The van der Waals surface area contributed by atoms with E-state index >= 15 is 0 Å². The molecule has 1 aliphatic heterocycles. The number of carbonyl (C=O) groups excluding carboxylic acids is 1. The van der Waals surface area contributed by atoms with Crippen LogP contribution in [0.1, 0.15) is 34.8 Å². The molecule has 0 spiro atoms. The Balaban J connectivity index is 2.26. The normalized spacial score (nSPS) is 14.9. The lowest BCUT2D eigenvalue weighted by Crippen LogP contribution is -2.20. The van der Waals surface area contributed by atoms with E-state index in [1.165, 1.54) is 12.1 Å². The molecule has 0 aromatic heterocycles. The summed E-state index contributed by atoms with van der Waals surface area (Å²) in [7, 11) is -3.95. The molecule has 0 bridgehead atoms. The van der Waals surface area contributed by atoms with Gasteiger partial charge in [0, 0.05) is 23.3 Å². The lowest BCUT2D eigenvalue weighted by molar-refractivity contribution is -0.385. The third-order valence-corrected chi connectivity index (χ3v) is 5.68. The van der Waals surface area contributed by atoms with Gasteiger partial charge in [-0.2, -0.15) is 0 Å². The summed E-state index contributed by atoms with van der Waals surface area (Å²) in [5, 5.41) is 10.9. The van der Waals surface area contributed by atoms with Gasteiger partial charge in [-0.1, -0.05) is 19.4 Å². The van der Waals surface area contributed by atoms with Crippen LogP contribution in [-0.4, -0.2) is 19.1 Å². The van der Waals surface area contributed by atoms with Gasteiger partial charge in [0.05, 0.1) is 14.7 Å². The third kappa shape index (κ3) is 2.33. The molecule has 0 radical (unpaired) electrons. The Labute approximate surface area is 132 Å². The maximum Gasteiger partial charge on any atom is 0.270 e. The average molecular weight is 331 g/mol. The Morgan fingerprint density at radius 2 is 1.78 bits per heavy atom. The first kappa shape index (κ1) is 15.4. The molecule has 1 heterocycles. The summed E-state index contributed by atoms with van der Waals surface area (Å²) in [4.78, 5) is 22.4. The molecule has 1 aliphatic rings. The quantitative estimate of drug-likeness (QED) is 0.543. The summed E-state index contributed by atoms with van der Waals surface area (Å²) in [6.07, 6.45) is 1.62. The monoisotopic (exact) mass is 331 g/mol. The van der Waals surface area contributed by atoms with Crippen molar-refractivity contribution in [2.75, 3.05) is 0 Å². The van der Waals surface area contributed by atoms with E-state index in [0.29, 0.717) is 0 Å². The molecule has 0 saturated carbocycles. The molecule has 118 valence electrons. The van der Waals surface area contributed by atoms with Crippen molar-refractivity contribution in [1.29, 1.82) is 0 Å². The number of sulfone groups is 1. The van der Waals surface area contributed by atoms with E-state index < -0.39 is 20.5 Å². The van der Waals surface area contributed by atoms with Gasteiger partial charge >= 0.3 is 0 Å². The maximum absolute atomic E-state index is 12.7. The highest BCUT2D eigenvalue weighted by Gasteiger charge is 2.36. The standard InChI is InChI=1S/C16H13NO5S/c1-2-3-10-4-7-14-13(8-10)16(18)12-6-5-11(17(19)20)9-15(12)23(14,21)22/h4-9H,2-3H2,1H3. The number of nitro benzene ring substituents is 1. The number of nitro groups is 1. The summed E-state index contributed by atoms with van der Waals surface area (Å²) >= 11 is 0. The molecule has 0 aliphatic carbocycles. The van der Waals surface area contributed by atoms with Gasteiger partial charge in [-0.05, 0) is 30.2 Å². The van der Waals surface area contributed by atoms with Crippen LogP contribution < -0.4 is 0 Å². The number of carbonyl (C=O) groups is 1. The minimum atomic E-state index is -3.95. The smallest absolute Gasteiger partial charge is 0.270 e. The summed E-state index contributed by atoms with van der Waals surface area (Å²) < 4.78 is 25.4. The Morgan fingerprint density at radius 3 is 2.43 bits per heavy atom. The van der Waals surface area contributed by atoms with Gasteiger partial charge in [-0.25, -0.2) is 8.42 Å². The molecule has 2 aromatic rings. The van der Waals surface area contributed by atoms with Crippen molar-refractivity contribution >= 4 is 21.3 Å². The van der Waals surface area contributed by atoms with Gasteiger partial charge in [0.25, 0.3) is 5.69 Å². The average Bonchev–Trinajstić information content (AvgIpc) is 2.52. The molecule has 7 heteroatoms. The predicted octanol–water partition coefficient (Wildman–Crippen LogP) is 2.92. The number of hydrogen-bond acceptors (Lipinski definition) is 5. The highest BCUT2D eigenvalue weighted by molar-refractivity contribution is 7.91. The Morgan fingerprint density at radius 1 is 1.04 bits per heavy atom. The van der Waals surface area contributed by atoms with E-state index in [4.69, 9.17) is 0 Å². The van der Waals surface area contributed by atoms with E-state index in [9.17, 15) is 23.3 Å². The molecule has 0 saturated heterocycles. The van der Waals surface area contributed by atoms with E-state index in [2.05, 4.69) is 0 Å². The van der Waals surface area contributed by atoms with Crippen LogP contribution in [0.15, 0.2) is 46.2 Å². The number of fused-ring (bicyclic) bond motifs is 2. The van der Waals surface area contributed by atoms with Crippen LogP contribution in [0, 0.1) is 10.1 Å². The van der Waals surface area contributed by atoms with Crippen LogP contribution in [-0.2, 0) is 16.3 Å². The highest BCUT2D eigenvalue weighted by atomic mass is 32.2. The first-order valence-corrected chi connectivity index (χ1v) is 8.55. The van der Waals surface area contributed by atoms with Crippen molar-refractivity contribution in [3.8, 4) is 0 Å². The maximum atomic E-state index is 12.7. The van der Waals surface area contributed by atoms with Gasteiger partial charge in [0.2, 0.25) is 9.84 Å². The van der Waals surface area contributed by atoms with Crippen LogP contribution in [0.25, 0.3) is 0 Å². The highest BCUT2D eigenvalue weighted by Crippen LogP contribution is 2.36. The second-order valence-corrected chi connectivity index (χ2v) is 7.24. The Kier molecular flexibility index (Phi) is 3.52. The number of non-ortho nitro benzene ring substituents is 1. The van der Waals surface area contributed by atoms with Crippen LogP contribution in [0.5, 0.6) is 0 Å². The molecule has 0 amide bonds. The first-order valence-electron chi connectivity index (χ1n) is 7.07. The minimum Gasteiger partial charge on any atom is -0.289 e. The lowest BCUT2D eigenvalue weighted by Gasteiger charge is -2.19. The van der Waals surface area contributed by atoms with E-state index in [1.54, 1.807) is 12.1 Å². The number of benzene rings is 2. The molecule has 23 heavy (non-hydrogen) atoms. The van der Waals surface area contributed by atoms with Crippen LogP contribution >= 0.6 is 0 Å². The fourth-order valence-electron chi connectivity index (χ4n) is 2.73. The number of ketones is 1. The van der Waals surface area contributed by atoms with Crippen molar-refractivity contribution in [3.63, 3.8) is 0 Å². The molecular formula is C16H13NO5S. The molecular weight excluding hydrogens is 318 g/mol. The molecule has 3 rings (SSSR count). The summed E-state index contributed by atoms with van der Waals surface area (Å²) in [5.74, 6) is -0.419. The molecule has 0 unspecified atom stereocenters. The van der Waals surface area contributed by atoms with Gasteiger partial charge < -0.3 is 0 Å². The van der Waals surface area contributed by atoms with Crippen molar-refractivity contribution in [2.45, 2.75) is 29.6 Å². The molecule has 0 atom stereocenters. The minimum absolute atomic E-state index is 0.0169. The van der Waals surface area contributed by atoms with Crippen molar-refractivity contribution < 1.29 is 18.1 Å². The van der Waals surface area contributed by atoms with Gasteiger partial charge in [0.1, 0.15) is 0 Å². The van der Waals surface area contributed by atoms with E-state index in [1.807, 2.05) is 6.92 Å². The zero-order chi connectivity index (χ0) is 16.8.